The number of amides is 2. The molecule has 0 aliphatic carbocycles. The van der Waals surface area contributed by atoms with E-state index in [1.165, 1.54) is 0 Å². The van der Waals surface area contributed by atoms with Gasteiger partial charge in [0.15, 0.2) is 0 Å². The molecule has 6 heteroatoms. The minimum atomic E-state index is -0.0865. The number of nitrogens with zero attached hydrogens (tertiary/aromatic N) is 2. The highest BCUT2D eigenvalue weighted by Gasteiger charge is 2.25. The minimum Gasteiger partial charge on any atom is -0.357 e. The zero-order valence-corrected chi connectivity index (χ0v) is 12.2. The number of hydrogen-bond donors (Lipinski definition) is 2. The zero-order valence-electron chi connectivity index (χ0n) is 12.2. The molecule has 0 radical (unpaired) electrons. The van der Waals surface area contributed by atoms with Gasteiger partial charge in [-0.25, -0.2) is 0 Å². The Hall–Kier alpha value is -2.63. The maximum Gasteiger partial charge on any atom is 0.270 e. The largest absolute Gasteiger partial charge is 0.357 e. The Bertz CT molecular complexity index is 631. The molecule has 1 saturated heterocycles. The molecular weight excluding hydrogens is 280 g/mol. The van der Waals surface area contributed by atoms with Gasteiger partial charge < -0.3 is 15.2 Å². The summed E-state index contributed by atoms with van der Waals surface area (Å²) < 4.78 is 0. The average molecular weight is 298 g/mol. The van der Waals surface area contributed by atoms with Crippen LogP contribution in [0.25, 0.3) is 0 Å². The third kappa shape index (κ3) is 3.16. The first-order valence-electron chi connectivity index (χ1n) is 7.37. The number of rotatable bonds is 3. The summed E-state index contributed by atoms with van der Waals surface area (Å²) in [6.07, 6.45) is 6.49. The number of likely N-dealkylation sites (tertiary alicyclic amines) is 1. The summed E-state index contributed by atoms with van der Waals surface area (Å²) in [5.74, 6) is -0.0690. The van der Waals surface area contributed by atoms with Crippen LogP contribution >= 0.6 is 0 Å². The summed E-state index contributed by atoms with van der Waals surface area (Å²) in [4.78, 5) is 33.0. The van der Waals surface area contributed by atoms with Gasteiger partial charge >= 0.3 is 0 Å². The predicted octanol–water partition coefficient (Wildman–Crippen LogP) is 1.44. The highest BCUT2D eigenvalue weighted by atomic mass is 16.2. The van der Waals surface area contributed by atoms with Gasteiger partial charge in [0, 0.05) is 43.3 Å². The normalized spacial score (nSPS) is 15.5. The molecule has 3 heterocycles. The molecule has 2 aromatic rings. The second-order valence-corrected chi connectivity index (χ2v) is 5.36. The summed E-state index contributed by atoms with van der Waals surface area (Å²) in [7, 11) is 0. The van der Waals surface area contributed by atoms with Gasteiger partial charge in [-0.1, -0.05) is 0 Å². The third-order valence-corrected chi connectivity index (χ3v) is 3.89. The quantitative estimate of drug-likeness (QED) is 0.900. The Morgan fingerprint density at radius 3 is 2.55 bits per heavy atom. The molecule has 3 rings (SSSR count). The first-order chi connectivity index (χ1) is 10.7. The van der Waals surface area contributed by atoms with E-state index in [4.69, 9.17) is 0 Å². The van der Waals surface area contributed by atoms with Crippen LogP contribution in [0.2, 0.25) is 0 Å². The smallest absolute Gasteiger partial charge is 0.270 e. The maximum absolute atomic E-state index is 12.2. The maximum atomic E-state index is 12.2. The number of piperidine rings is 1. The summed E-state index contributed by atoms with van der Waals surface area (Å²) in [5, 5.41) is 3.02. The van der Waals surface area contributed by atoms with E-state index in [1.54, 1.807) is 36.8 Å². The number of hydrogen-bond acceptors (Lipinski definition) is 3. The first kappa shape index (κ1) is 14.3. The van der Waals surface area contributed by atoms with Crippen LogP contribution in [0.5, 0.6) is 0 Å². The van der Waals surface area contributed by atoms with Crippen molar-refractivity contribution in [1.82, 2.24) is 20.2 Å². The molecule has 6 nitrogen and oxygen atoms in total. The number of H-pyrrole nitrogens is 1. The lowest BCUT2D eigenvalue weighted by molar-refractivity contribution is 0.0693. The van der Waals surface area contributed by atoms with Crippen LogP contribution in [0.4, 0.5) is 0 Å². The Labute approximate surface area is 128 Å². The lowest BCUT2D eigenvalue weighted by Crippen LogP contribution is -2.46. The molecule has 22 heavy (non-hydrogen) atoms. The lowest BCUT2D eigenvalue weighted by atomic mass is 10.0. The van der Waals surface area contributed by atoms with Gasteiger partial charge in [0.2, 0.25) is 0 Å². The summed E-state index contributed by atoms with van der Waals surface area (Å²) in [6, 6.07) is 7.08. The van der Waals surface area contributed by atoms with Crippen molar-refractivity contribution in [2.24, 2.45) is 0 Å². The van der Waals surface area contributed by atoms with Gasteiger partial charge in [0.1, 0.15) is 5.69 Å². The number of nitrogens with one attached hydrogen (secondary N) is 2. The van der Waals surface area contributed by atoms with Crippen molar-refractivity contribution in [3.05, 3.63) is 54.1 Å². The van der Waals surface area contributed by atoms with Crippen LogP contribution in [0.1, 0.15) is 33.7 Å². The van der Waals surface area contributed by atoms with Crippen LogP contribution in [0.3, 0.4) is 0 Å². The van der Waals surface area contributed by atoms with E-state index in [2.05, 4.69) is 15.3 Å². The van der Waals surface area contributed by atoms with E-state index in [9.17, 15) is 9.59 Å². The number of aromatic nitrogens is 2. The molecule has 2 N–H and O–H groups in total. The zero-order chi connectivity index (χ0) is 15.4. The van der Waals surface area contributed by atoms with Crippen LogP contribution in [-0.2, 0) is 0 Å². The Kier molecular flexibility index (Phi) is 4.18. The Morgan fingerprint density at radius 2 is 1.91 bits per heavy atom. The van der Waals surface area contributed by atoms with Crippen molar-refractivity contribution < 1.29 is 9.59 Å². The minimum absolute atomic E-state index is 0.0175. The topological polar surface area (TPSA) is 78.1 Å². The number of carbonyl (C=O) groups excluding carboxylic acids is 2. The Balaban J connectivity index is 1.52. The molecule has 0 bridgehead atoms. The van der Waals surface area contributed by atoms with E-state index in [-0.39, 0.29) is 17.9 Å². The van der Waals surface area contributed by atoms with Gasteiger partial charge in [0.25, 0.3) is 11.8 Å². The molecule has 0 aromatic carbocycles. The monoisotopic (exact) mass is 298 g/mol. The molecule has 0 spiro atoms. The first-order valence-corrected chi connectivity index (χ1v) is 7.37. The molecule has 1 aliphatic rings. The molecule has 114 valence electrons. The predicted molar refractivity (Wildman–Crippen MR) is 81.4 cm³/mol. The van der Waals surface area contributed by atoms with Gasteiger partial charge in [-0.3, -0.25) is 14.6 Å². The van der Waals surface area contributed by atoms with Crippen molar-refractivity contribution in [2.75, 3.05) is 13.1 Å². The van der Waals surface area contributed by atoms with Gasteiger partial charge in [0.05, 0.1) is 0 Å². The molecule has 2 aromatic heterocycles. The molecule has 0 atom stereocenters. The van der Waals surface area contributed by atoms with Crippen LogP contribution in [0, 0.1) is 0 Å². The van der Waals surface area contributed by atoms with Crippen molar-refractivity contribution >= 4 is 11.8 Å². The fourth-order valence-corrected chi connectivity index (χ4v) is 2.63. The third-order valence-electron chi connectivity index (χ3n) is 3.89. The van der Waals surface area contributed by atoms with E-state index in [0.717, 1.165) is 12.8 Å². The van der Waals surface area contributed by atoms with Crippen LogP contribution < -0.4 is 5.32 Å². The van der Waals surface area contributed by atoms with Gasteiger partial charge in [-0.05, 0) is 37.1 Å². The van der Waals surface area contributed by atoms with Gasteiger partial charge in [-0.2, -0.15) is 0 Å². The molecule has 1 fully saturated rings. The summed E-state index contributed by atoms with van der Waals surface area (Å²) in [6.45, 7) is 1.30. The highest BCUT2D eigenvalue weighted by molar-refractivity contribution is 5.94. The SMILES string of the molecule is O=C(NC1CCN(C(=O)c2ccc[nH]2)CC1)c1ccncc1. The molecule has 0 saturated carbocycles. The number of carbonyl (C=O) groups is 2. The summed E-state index contributed by atoms with van der Waals surface area (Å²) in [5.41, 5.74) is 1.22. The lowest BCUT2D eigenvalue weighted by Gasteiger charge is -2.32. The van der Waals surface area contributed by atoms with Gasteiger partial charge in [-0.15, -0.1) is 0 Å². The fraction of sp³-hybridized carbons (Fsp3) is 0.312. The average Bonchev–Trinajstić information content (AvgIpc) is 3.10. The van der Waals surface area contributed by atoms with Crippen molar-refractivity contribution in [1.29, 1.82) is 0 Å². The Morgan fingerprint density at radius 1 is 1.18 bits per heavy atom. The van der Waals surface area contributed by atoms with E-state index in [0.29, 0.717) is 24.3 Å². The van der Waals surface area contributed by atoms with E-state index in [1.807, 2.05) is 11.0 Å². The molecule has 1 aliphatic heterocycles. The molecule has 0 unspecified atom stereocenters. The van der Waals surface area contributed by atoms with Crippen LogP contribution in [-0.4, -0.2) is 45.8 Å². The summed E-state index contributed by atoms with van der Waals surface area (Å²) >= 11 is 0. The van der Waals surface area contributed by atoms with Crippen molar-refractivity contribution in [3.63, 3.8) is 0 Å². The van der Waals surface area contributed by atoms with E-state index < -0.39 is 0 Å². The standard InChI is InChI=1S/C16H18N4O2/c21-15(12-3-8-17-9-4-12)19-13-5-10-20(11-6-13)16(22)14-2-1-7-18-14/h1-4,7-9,13,18H,5-6,10-11H2,(H,19,21). The van der Waals surface area contributed by atoms with Crippen molar-refractivity contribution in [3.8, 4) is 0 Å². The second kappa shape index (κ2) is 6.43. The molecular formula is C16H18N4O2. The van der Waals surface area contributed by atoms with E-state index >= 15 is 0 Å². The second-order valence-electron chi connectivity index (χ2n) is 5.36. The highest BCUT2D eigenvalue weighted by Crippen LogP contribution is 2.14. The number of aromatic amines is 1. The van der Waals surface area contributed by atoms with Crippen molar-refractivity contribution in [2.45, 2.75) is 18.9 Å². The number of pyridine rings is 1. The fourth-order valence-electron chi connectivity index (χ4n) is 2.63. The molecule has 2 amide bonds. The van der Waals surface area contributed by atoms with Crippen LogP contribution in [0.15, 0.2) is 42.9 Å².